The fraction of sp³-hybridized carbons (Fsp3) is 0.409. The molecule has 0 bridgehead atoms. The molecule has 2 rings (SSSR count). The average Bonchev–Trinajstić information content (AvgIpc) is 3.03. The van der Waals surface area contributed by atoms with Crippen molar-refractivity contribution in [2.75, 3.05) is 0 Å². The Hall–Kier alpha value is -2.47. The molecule has 3 heteroatoms. The van der Waals surface area contributed by atoms with E-state index in [4.69, 9.17) is 6.42 Å². The summed E-state index contributed by atoms with van der Waals surface area (Å²) in [5, 5.41) is 14.9. The third kappa shape index (κ3) is 5.00. The number of allylic oxidation sites excluding steroid dienone is 7. The molecule has 3 nitrogen and oxygen atoms in total. The van der Waals surface area contributed by atoms with E-state index in [9.17, 15) is 5.11 Å². The molecule has 0 aliphatic heterocycles. The Morgan fingerprint density at radius 1 is 1.56 bits per heavy atom. The summed E-state index contributed by atoms with van der Waals surface area (Å²) in [6, 6.07) is 0. The van der Waals surface area contributed by atoms with Crippen molar-refractivity contribution >= 4 is 5.57 Å². The van der Waals surface area contributed by atoms with Gasteiger partial charge in [-0.1, -0.05) is 29.7 Å². The van der Waals surface area contributed by atoms with Gasteiger partial charge in [-0.2, -0.15) is 5.10 Å². The first-order valence-corrected chi connectivity index (χ1v) is 8.86. The van der Waals surface area contributed by atoms with Gasteiger partial charge in [-0.15, -0.1) is 6.42 Å². The van der Waals surface area contributed by atoms with Gasteiger partial charge in [-0.3, -0.25) is 4.68 Å². The number of hydrogen-bond acceptors (Lipinski definition) is 2. The summed E-state index contributed by atoms with van der Waals surface area (Å²) in [6.07, 6.45) is 17.7. The second kappa shape index (κ2) is 8.58. The lowest BCUT2D eigenvalue weighted by atomic mass is 9.76. The zero-order valence-corrected chi connectivity index (χ0v) is 15.5. The summed E-state index contributed by atoms with van der Waals surface area (Å²) in [7, 11) is 0. The van der Waals surface area contributed by atoms with Crippen molar-refractivity contribution in [3.63, 3.8) is 0 Å². The summed E-state index contributed by atoms with van der Waals surface area (Å²) >= 11 is 0. The van der Waals surface area contributed by atoms with Crippen LogP contribution in [0.15, 0.2) is 54.1 Å². The van der Waals surface area contributed by atoms with Gasteiger partial charge in [0.2, 0.25) is 0 Å². The predicted molar refractivity (Wildman–Crippen MR) is 105 cm³/mol. The quantitative estimate of drug-likeness (QED) is 0.331. The van der Waals surface area contributed by atoms with Crippen LogP contribution in [-0.2, 0) is 6.54 Å². The SMILES string of the molecule is C#C/C=C(\C=C(\O)C[C@@H]1C=C(C)CC[C@H]1C(=C)C)c1cnn(CC)c1. The number of hydrogen-bond donors (Lipinski definition) is 1. The summed E-state index contributed by atoms with van der Waals surface area (Å²) in [4.78, 5) is 0. The first kappa shape index (κ1) is 18.9. The van der Waals surface area contributed by atoms with Gasteiger partial charge in [0.15, 0.2) is 0 Å². The van der Waals surface area contributed by atoms with Crippen LogP contribution in [-0.4, -0.2) is 14.9 Å². The van der Waals surface area contributed by atoms with Crippen molar-refractivity contribution in [1.29, 1.82) is 0 Å². The number of aromatic nitrogens is 2. The maximum Gasteiger partial charge on any atom is 0.0935 e. The normalized spacial score (nSPS) is 21.6. The van der Waals surface area contributed by atoms with Gasteiger partial charge in [-0.05, 0) is 63.2 Å². The molecule has 2 atom stereocenters. The van der Waals surface area contributed by atoms with Gasteiger partial charge in [0.05, 0.1) is 12.0 Å². The van der Waals surface area contributed by atoms with Crippen LogP contribution < -0.4 is 0 Å². The van der Waals surface area contributed by atoms with E-state index in [1.807, 2.05) is 17.8 Å². The Morgan fingerprint density at radius 2 is 2.32 bits per heavy atom. The highest BCUT2D eigenvalue weighted by Gasteiger charge is 2.25. The molecule has 0 fully saturated rings. The minimum Gasteiger partial charge on any atom is -0.512 e. The van der Waals surface area contributed by atoms with Crippen LogP contribution >= 0.6 is 0 Å². The Balaban J connectivity index is 2.22. The summed E-state index contributed by atoms with van der Waals surface area (Å²) in [5.74, 6) is 3.60. The maximum atomic E-state index is 10.6. The van der Waals surface area contributed by atoms with Crippen molar-refractivity contribution in [3.05, 3.63) is 59.7 Å². The summed E-state index contributed by atoms with van der Waals surface area (Å²) in [6.45, 7) is 11.2. The fourth-order valence-electron chi connectivity index (χ4n) is 3.44. The smallest absolute Gasteiger partial charge is 0.0935 e. The fourth-order valence-corrected chi connectivity index (χ4v) is 3.44. The lowest BCUT2D eigenvalue weighted by molar-refractivity contribution is 0.321. The van der Waals surface area contributed by atoms with Crippen LogP contribution in [0.4, 0.5) is 0 Å². The minimum atomic E-state index is 0.285. The second-order valence-electron chi connectivity index (χ2n) is 6.86. The zero-order chi connectivity index (χ0) is 18.4. The number of aryl methyl sites for hydroxylation is 1. The third-order valence-corrected chi connectivity index (χ3v) is 4.79. The van der Waals surface area contributed by atoms with E-state index < -0.39 is 0 Å². The maximum absolute atomic E-state index is 10.6. The molecule has 132 valence electrons. The van der Waals surface area contributed by atoms with E-state index in [2.05, 4.69) is 37.5 Å². The van der Waals surface area contributed by atoms with E-state index in [-0.39, 0.29) is 5.92 Å². The molecule has 1 aromatic heterocycles. The molecule has 0 amide bonds. The molecule has 1 heterocycles. The van der Waals surface area contributed by atoms with Gasteiger partial charge in [-0.25, -0.2) is 0 Å². The van der Waals surface area contributed by atoms with Gasteiger partial charge < -0.3 is 5.11 Å². The number of rotatable bonds is 6. The zero-order valence-electron chi connectivity index (χ0n) is 15.5. The highest BCUT2D eigenvalue weighted by atomic mass is 16.3. The topological polar surface area (TPSA) is 38.1 Å². The molecule has 1 aliphatic carbocycles. The van der Waals surface area contributed by atoms with Gasteiger partial charge in [0, 0.05) is 24.7 Å². The van der Waals surface area contributed by atoms with Crippen LogP contribution in [0.25, 0.3) is 5.57 Å². The van der Waals surface area contributed by atoms with Gasteiger partial charge in [0.1, 0.15) is 0 Å². The first-order chi connectivity index (χ1) is 11.9. The summed E-state index contributed by atoms with van der Waals surface area (Å²) < 4.78 is 1.84. The Kier molecular flexibility index (Phi) is 6.47. The van der Waals surface area contributed by atoms with Crippen molar-refractivity contribution in [2.45, 2.75) is 46.6 Å². The molecule has 0 unspecified atom stereocenters. The molecular formula is C22H28N2O. The van der Waals surface area contributed by atoms with Gasteiger partial charge in [0.25, 0.3) is 0 Å². The number of terminal acetylenes is 1. The highest BCUT2D eigenvalue weighted by molar-refractivity contribution is 5.75. The van der Waals surface area contributed by atoms with E-state index in [0.717, 1.165) is 30.5 Å². The Bertz CT molecular complexity index is 755. The Labute approximate surface area is 151 Å². The minimum absolute atomic E-state index is 0.285. The van der Waals surface area contributed by atoms with E-state index in [0.29, 0.717) is 18.1 Å². The van der Waals surface area contributed by atoms with Crippen LogP contribution in [0, 0.1) is 24.2 Å². The first-order valence-electron chi connectivity index (χ1n) is 8.86. The lowest BCUT2D eigenvalue weighted by Crippen LogP contribution is -2.19. The van der Waals surface area contributed by atoms with Crippen molar-refractivity contribution in [2.24, 2.45) is 11.8 Å². The standard InChI is InChI=1S/C22H28N2O/c1-6-8-18(20-14-23-24(7-2)15-20)12-21(25)13-19-11-17(5)9-10-22(19)16(3)4/h1,8,11-12,14-15,19,22,25H,3,7,9-10,13H2,2,4-5H3/b18-8+,21-12+/t19-,22-/m0/s1. The largest absolute Gasteiger partial charge is 0.512 e. The van der Waals surface area contributed by atoms with Crippen LogP contribution in [0.5, 0.6) is 0 Å². The molecule has 1 N–H and O–H groups in total. The molecule has 0 radical (unpaired) electrons. The lowest BCUT2D eigenvalue weighted by Gasteiger charge is -2.30. The van der Waals surface area contributed by atoms with Crippen LogP contribution in [0.1, 0.15) is 45.6 Å². The van der Waals surface area contributed by atoms with Crippen molar-refractivity contribution < 1.29 is 5.11 Å². The second-order valence-corrected chi connectivity index (χ2v) is 6.86. The number of nitrogens with zero attached hydrogens (tertiary/aromatic N) is 2. The van der Waals surface area contributed by atoms with Crippen molar-refractivity contribution in [3.8, 4) is 12.3 Å². The average molecular weight is 336 g/mol. The van der Waals surface area contributed by atoms with Crippen molar-refractivity contribution in [1.82, 2.24) is 9.78 Å². The molecule has 0 saturated carbocycles. The van der Waals surface area contributed by atoms with Gasteiger partial charge >= 0.3 is 0 Å². The third-order valence-electron chi connectivity index (χ3n) is 4.79. The molecule has 1 aromatic rings. The molecule has 0 saturated heterocycles. The highest BCUT2D eigenvalue weighted by Crippen LogP contribution is 2.36. The molecular weight excluding hydrogens is 308 g/mol. The number of aliphatic hydroxyl groups is 1. The molecule has 0 aromatic carbocycles. The van der Waals surface area contributed by atoms with Crippen LogP contribution in [0.3, 0.4) is 0 Å². The van der Waals surface area contributed by atoms with E-state index in [1.165, 1.54) is 11.1 Å². The number of aliphatic hydroxyl groups excluding tert-OH is 1. The van der Waals surface area contributed by atoms with Crippen LogP contribution in [0.2, 0.25) is 0 Å². The monoisotopic (exact) mass is 336 g/mol. The predicted octanol–water partition coefficient (Wildman–Crippen LogP) is 5.30. The Morgan fingerprint density at radius 3 is 2.92 bits per heavy atom. The molecule has 1 aliphatic rings. The summed E-state index contributed by atoms with van der Waals surface area (Å²) in [5.41, 5.74) is 4.30. The van der Waals surface area contributed by atoms with E-state index >= 15 is 0 Å². The molecule has 25 heavy (non-hydrogen) atoms. The molecule has 0 spiro atoms. The van der Waals surface area contributed by atoms with E-state index in [1.54, 1.807) is 18.3 Å².